The van der Waals surface area contributed by atoms with Gasteiger partial charge in [-0.25, -0.2) is 0 Å². The van der Waals surface area contributed by atoms with E-state index in [1.165, 1.54) is 12.5 Å². The fraction of sp³-hybridized carbons (Fsp3) is 0.750. The minimum absolute atomic E-state index is 0.771. The molecule has 60 valence electrons. The topological polar surface area (TPSA) is 9.23 Å². The van der Waals surface area contributed by atoms with Crippen LogP contribution in [0.3, 0.4) is 0 Å². The Balaban J connectivity index is 3.21. The van der Waals surface area contributed by atoms with Crippen molar-refractivity contribution in [2.75, 3.05) is 6.61 Å². The largest absolute Gasteiger partial charge is 0.416 e. The van der Waals surface area contributed by atoms with Crippen molar-refractivity contribution in [3.05, 3.63) is 12.2 Å². The molecule has 2 heteroatoms. The van der Waals surface area contributed by atoms with E-state index in [1.807, 2.05) is 6.92 Å². The number of hydrogen-bond donors (Lipinski definition) is 0. The van der Waals surface area contributed by atoms with Crippen molar-refractivity contribution >= 4 is 9.04 Å². The second-order valence-corrected chi connectivity index (χ2v) is 5.40. The predicted octanol–water partition coefficient (Wildman–Crippen LogP) is 2.34. The third-order valence-electron chi connectivity index (χ3n) is 1.31. The molecule has 1 atom stereocenters. The Morgan fingerprint density at radius 1 is 1.60 bits per heavy atom. The molecule has 0 saturated heterocycles. The van der Waals surface area contributed by atoms with Gasteiger partial charge in [-0.3, -0.25) is 0 Å². The van der Waals surface area contributed by atoms with Crippen LogP contribution in [-0.2, 0) is 4.43 Å². The lowest BCUT2D eigenvalue weighted by molar-refractivity contribution is 0.358. The molecule has 0 heterocycles. The van der Waals surface area contributed by atoms with Crippen LogP contribution >= 0.6 is 0 Å². The highest BCUT2D eigenvalue weighted by Gasteiger charge is 2.01. The van der Waals surface area contributed by atoms with E-state index in [0.717, 1.165) is 12.2 Å². The first-order valence-electron chi connectivity index (χ1n) is 3.92. The predicted molar refractivity (Wildman–Crippen MR) is 48.9 cm³/mol. The van der Waals surface area contributed by atoms with Crippen molar-refractivity contribution in [3.63, 3.8) is 0 Å². The maximum atomic E-state index is 5.58. The summed E-state index contributed by atoms with van der Waals surface area (Å²) in [7, 11) is -0.819. The van der Waals surface area contributed by atoms with Crippen molar-refractivity contribution in [2.24, 2.45) is 0 Å². The average molecular weight is 158 g/mol. The second-order valence-electron chi connectivity index (χ2n) is 2.87. The minimum atomic E-state index is -0.819. The van der Waals surface area contributed by atoms with Crippen LogP contribution < -0.4 is 0 Å². The molecule has 0 aromatic carbocycles. The SMILES string of the molecule is C=C(C)CO[SiH](C)CCC. The Hall–Kier alpha value is -0.0831. The van der Waals surface area contributed by atoms with Gasteiger partial charge < -0.3 is 4.43 Å². The first-order chi connectivity index (χ1) is 4.66. The van der Waals surface area contributed by atoms with Crippen LogP contribution in [0.4, 0.5) is 0 Å². The molecule has 1 unspecified atom stereocenters. The molecule has 0 N–H and O–H groups in total. The van der Waals surface area contributed by atoms with E-state index in [4.69, 9.17) is 4.43 Å². The third kappa shape index (κ3) is 6.04. The van der Waals surface area contributed by atoms with Crippen LogP contribution in [0.1, 0.15) is 20.3 Å². The zero-order chi connectivity index (χ0) is 7.98. The van der Waals surface area contributed by atoms with Gasteiger partial charge in [-0.05, 0) is 19.5 Å². The summed E-state index contributed by atoms with van der Waals surface area (Å²) in [5.74, 6) is 0. The van der Waals surface area contributed by atoms with Gasteiger partial charge >= 0.3 is 0 Å². The molecule has 0 aliphatic rings. The van der Waals surface area contributed by atoms with Crippen LogP contribution in [0.2, 0.25) is 12.6 Å². The first-order valence-corrected chi connectivity index (χ1v) is 6.37. The zero-order valence-electron chi connectivity index (χ0n) is 7.31. The summed E-state index contributed by atoms with van der Waals surface area (Å²) in [5, 5.41) is 0. The zero-order valence-corrected chi connectivity index (χ0v) is 8.47. The summed E-state index contributed by atoms with van der Waals surface area (Å²) in [4.78, 5) is 0. The van der Waals surface area contributed by atoms with Gasteiger partial charge in [0, 0.05) is 0 Å². The van der Waals surface area contributed by atoms with E-state index < -0.39 is 9.04 Å². The standard InChI is InChI=1S/C8H18OSi/c1-5-6-10(4)9-7-8(2)3/h10H,2,5-7H2,1,3-4H3. The second kappa shape index (κ2) is 5.68. The molecule has 0 aliphatic carbocycles. The smallest absolute Gasteiger partial charge is 0.174 e. The monoisotopic (exact) mass is 158 g/mol. The van der Waals surface area contributed by atoms with Gasteiger partial charge in [0.2, 0.25) is 0 Å². The maximum absolute atomic E-state index is 5.58. The van der Waals surface area contributed by atoms with E-state index in [1.54, 1.807) is 0 Å². The van der Waals surface area contributed by atoms with E-state index in [0.29, 0.717) is 0 Å². The summed E-state index contributed by atoms with van der Waals surface area (Å²) in [6, 6.07) is 1.28. The molecule has 10 heavy (non-hydrogen) atoms. The summed E-state index contributed by atoms with van der Waals surface area (Å²) >= 11 is 0. The quantitative estimate of drug-likeness (QED) is 0.441. The van der Waals surface area contributed by atoms with Crippen molar-refractivity contribution in [1.29, 1.82) is 0 Å². The normalized spacial score (nSPS) is 13.1. The lowest BCUT2D eigenvalue weighted by atomic mass is 10.4. The van der Waals surface area contributed by atoms with Crippen LogP contribution in [0.15, 0.2) is 12.2 Å². The van der Waals surface area contributed by atoms with E-state index in [2.05, 4.69) is 20.0 Å². The molecular weight excluding hydrogens is 140 g/mol. The summed E-state index contributed by atoms with van der Waals surface area (Å²) in [5.41, 5.74) is 1.13. The van der Waals surface area contributed by atoms with Crippen LogP contribution in [-0.4, -0.2) is 15.6 Å². The molecular formula is C8H18OSi. The van der Waals surface area contributed by atoms with Crippen molar-refractivity contribution in [3.8, 4) is 0 Å². The van der Waals surface area contributed by atoms with Crippen molar-refractivity contribution in [2.45, 2.75) is 32.9 Å². The fourth-order valence-electron chi connectivity index (χ4n) is 0.774. The highest BCUT2D eigenvalue weighted by molar-refractivity contribution is 6.50. The Kier molecular flexibility index (Phi) is 5.64. The van der Waals surface area contributed by atoms with E-state index >= 15 is 0 Å². The molecule has 0 spiro atoms. The van der Waals surface area contributed by atoms with E-state index in [-0.39, 0.29) is 0 Å². The lowest BCUT2D eigenvalue weighted by Gasteiger charge is -2.09. The van der Waals surface area contributed by atoms with Gasteiger partial charge in [0.15, 0.2) is 9.04 Å². The molecule has 0 amide bonds. The molecule has 0 radical (unpaired) electrons. The highest BCUT2D eigenvalue weighted by atomic mass is 28.3. The summed E-state index contributed by atoms with van der Waals surface area (Å²) in [6.45, 7) is 11.0. The van der Waals surface area contributed by atoms with Gasteiger partial charge in [0.25, 0.3) is 0 Å². The van der Waals surface area contributed by atoms with Gasteiger partial charge in [0.05, 0.1) is 6.61 Å². The molecule has 0 aliphatic heterocycles. The Morgan fingerprint density at radius 2 is 2.20 bits per heavy atom. The Morgan fingerprint density at radius 3 is 2.60 bits per heavy atom. The van der Waals surface area contributed by atoms with Crippen molar-refractivity contribution in [1.82, 2.24) is 0 Å². The van der Waals surface area contributed by atoms with Crippen LogP contribution in [0.5, 0.6) is 0 Å². The molecule has 0 aromatic rings. The Bertz CT molecular complexity index is 101. The number of hydrogen-bond acceptors (Lipinski definition) is 1. The van der Waals surface area contributed by atoms with Gasteiger partial charge in [-0.15, -0.1) is 0 Å². The molecule has 0 fully saturated rings. The van der Waals surface area contributed by atoms with Crippen LogP contribution in [0, 0.1) is 0 Å². The molecule has 1 nitrogen and oxygen atoms in total. The van der Waals surface area contributed by atoms with Crippen LogP contribution in [0.25, 0.3) is 0 Å². The summed E-state index contributed by atoms with van der Waals surface area (Å²) in [6.07, 6.45) is 1.25. The minimum Gasteiger partial charge on any atom is -0.416 e. The first kappa shape index (κ1) is 9.92. The summed E-state index contributed by atoms with van der Waals surface area (Å²) < 4.78 is 5.58. The highest BCUT2D eigenvalue weighted by Crippen LogP contribution is 1.99. The lowest BCUT2D eigenvalue weighted by Crippen LogP contribution is -2.13. The molecule has 0 rings (SSSR count). The molecule has 0 bridgehead atoms. The average Bonchev–Trinajstić information content (AvgIpc) is 1.85. The Labute approximate surface area is 65.8 Å². The van der Waals surface area contributed by atoms with Gasteiger partial charge in [-0.1, -0.05) is 25.5 Å². The fourth-order valence-corrected chi connectivity index (χ4v) is 2.32. The number of rotatable bonds is 5. The van der Waals surface area contributed by atoms with Gasteiger partial charge in [0.1, 0.15) is 0 Å². The third-order valence-corrected chi connectivity index (χ3v) is 3.44. The maximum Gasteiger partial charge on any atom is 0.174 e. The molecule has 0 aromatic heterocycles. The van der Waals surface area contributed by atoms with E-state index in [9.17, 15) is 0 Å². The van der Waals surface area contributed by atoms with Gasteiger partial charge in [-0.2, -0.15) is 0 Å². The van der Waals surface area contributed by atoms with Crippen molar-refractivity contribution < 1.29 is 4.43 Å². The molecule has 0 saturated carbocycles.